The topological polar surface area (TPSA) is 60.7 Å². The lowest BCUT2D eigenvalue weighted by molar-refractivity contribution is -0.929. The molecule has 0 aromatic heterocycles. The molecular formula is C24H50BrNO3. The first kappa shape index (κ1) is 31.2. The van der Waals surface area contributed by atoms with E-state index in [0.717, 1.165) is 13.0 Å². The molecule has 0 amide bonds. The summed E-state index contributed by atoms with van der Waals surface area (Å²) in [6.07, 6.45) is 23.0. The van der Waals surface area contributed by atoms with Gasteiger partial charge >= 0.3 is 0 Å². The highest BCUT2D eigenvalue weighted by Crippen LogP contribution is 2.13. The van der Waals surface area contributed by atoms with E-state index < -0.39 is 0 Å². The molecule has 0 unspecified atom stereocenters. The van der Waals surface area contributed by atoms with Crippen molar-refractivity contribution in [3.63, 3.8) is 0 Å². The van der Waals surface area contributed by atoms with Crippen LogP contribution in [0.15, 0.2) is 12.2 Å². The number of hydrogen-bond acceptors (Lipinski definition) is 3. The van der Waals surface area contributed by atoms with E-state index >= 15 is 0 Å². The second-order valence-corrected chi connectivity index (χ2v) is 8.34. The molecule has 0 rings (SSSR count). The van der Waals surface area contributed by atoms with E-state index in [4.69, 9.17) is 0 Å². The zero-order valence-electron chi connectivity index (χ0n) is 19.2. The normalized spacial score (nSPS) is 11.9. The summed E-state index contributed by atoms with van der Waals surface area (Å²) in [6.45, 7) is 5.46. The van der Waals surface area contributed by atoms with E-state index in [1.165, 1.54) is 83.5 Å². The minimum atomic E-state index is 0. The summed E-state index contributed by atoms with van der Waals surface area (Å²) in [5.74, 6) is 0. The molecule has 5 heteroatoms. The summed E-state index contributed by atoms with van der Waals surface area (Å²) in [7, 11) is 0. The summed E-state index contributed by atoms with van der Waals surface area (Å²) >= 11 is 0. The van der Waals surface area contributed by atoms with E-state index in [-0.39, 0.29) is 36.8 Å². The monoisotopic (exact) mass is 479 g/mol. The predicted octanol–water partition coefficient (Wildman–Crippen LogP) is 1.82. The summed E-state index contributed by atoms with van der Waals surface area (Å²) in [6, 6.07) is 0. The molecule has 0 aliphatic rings. The zero-order valence-corrected chi connectivity index (χ0v) is 20.8. The van der Waals surface area contributed by atoms with Gasteiger partial charge in [-0.1, -0.05) is 70.4 Å². The molecular weight excluding hydrogens is 430 g/mol. The molecule has 0 bridgehead atoms. The quantitative estimate of drug-likeness (QED) is 0.126. The molecule has 0 atom stereocenters. The molecule has 0 aromatic carbocycles. The lowest BCUT2D eigenvalue weighted by atomic mass is 10.1. The molecule has 0 saturated carbocycles. The minimum Gasteiger partial charge on any atom is -1.00 e. The van der Waals surface area contributed by atoms with Crippen LogP contribution in [0.3, 0.4) is 0 Å². The minimum absolute atomic E-state index is 0. The van der Waals surface area contributed by atoms with Crippen LogP contribution in [0.2, 0.25) is 0 Å². The molecule has 3 N–H and O–H groups in total. The van der Waals surface area contributed by atoms with Gasteiger partial charge in [0.05, 0.1) is 26.4 Å². The molecule has 176 valence electrons. The fraction of sp³-hybridized carbons (Fsp3) is 0.917. The van der Waals surface area contributed by atoms with Crippen LogP contribution in [0.25, 0.3) is 0 Å². The molecule has 0 aliphatic carbocycles. The van der Waals surface area contributed by atoms with E-state index in [2.05, 4.69) is 19.1 Å². The Morgan fingerprint density at radius 3 is 1.31 bits per heavy atom. The Balaban J connectivity index is 0. The van der Waals surface area contributed by atoms with Crippen molar-refractivity contribution >= 4 is 0 Å². The smallest absolute Gasteiger partial charge is 0.102 e. The van der Waals surface area contributed by atoms with Crippen molar-refractivity contribution in [3.05, 3.63) is 12.2 Å². The summed E-state index contributed by atoms with van der Waals surface area (Å²) in [5, 5.41) is 27.9. The second-order valence-electron chi connectivity index (χ2n) is 8.34. The maximum absolute atomic E-state index is 9.31. The SMILES string of the molecule is CCCCCCCC/C=C\CCCCCCCC[N+](CCO)(CCO)CCO.[Br-]. The van der Waals surface area contributed by atoms with Crippen LogP contribution < -0.4 is 17.0 Å². The van der Waals surface area contributed by atoms with Gasteiger partial charge in [0.25, 0.3) is 0 Å². The van der Waals surface area contributed by atoms with Gasteiger partial charge in [0.1, 0.15) is 19.6 Å². The van der Waals surface area contributed by atoms with E-state index in [0.29, 0.717) is 24.1 Å². The summed E-state index contributed by atoms with van der Waals surface area (Å²) < 4.78 is 0.646. The average molecular weight is 481 g/mol. The van der Waals surface area contributed by atoms with Crippen LogP contribution >= 0.6 is 0 Å². The Labute approximate surface area is 191 Å². The Hall–Kier alpha value is 0.0600. The third kappa shape index (κ3) is 19.8. The molecule has 0 aliphatic heterocycles. The maximum Gasteiger partial charge on any atom is 0.102 e. The van der Waals surface area contributed by atoms with Crippen molar-refractivity contribution in [2.45, 2.75) is 96.8 Å². The number of nitrogens with zero attached hydrogens (tertiary/aromatic N) is 1. The van der Waals surface area contributed by atoms with Crippen LogP contribution in [0.5, 0.6) is 0 Å². The average Bonchev–Trinajstić information content (AvgIpc) is 2.68. The fourth-order valence-electron chi connectivity index (χ4n) is 4.00. The van der Waals surface area contributed by atoms with Crippen LogP contribution in [-0.2, 0) is 0 Å². The number of aliphatic hydroxyl groups excluding tert-OH is 3. The Morgan fingerprint density at radius 2 is 0.897 bits per heavy atom. The largest absolute Gasteiger partial charge is 1.00 e. The van der Waals surface area contributed by atoms with Gasteiger partial charge in [0.2, 0.25) is 0 Å². The first-order chi connectivity index (χ1) is 13.7. The van der Waals surface area contributed by atoms with Gasteiger partial charge in [0.15, 0.2) is 0 Å². The van der Waals surface area contributed by atoms with Crippen molar-refractivity contribution in [3.8, 4) is 0 Å². The lowest BCUT2D eigenvalue weighted by Crippen LogP contribution is -3.00. The van der Waals surface area contributed by atoms with Gasteiger partial charge in [-0.15, -0.1) is 0 Å². The van der Waals surface area contributed by atoms with E-state index in [1.54, 1.807) is 0 Å². The van der Waals surface area contributed by atoms with Crippen LogP contribution in [0.1, 0.15) is 96.8 Å². The Morgan fingerprint density at radius 1 is 0.517 bits per heavy atom. The van der Waals surface area contributed by atoms with Crippen LogP contribution in [-0.4, -0.2) is 65.8 Å². The zero-order chi connectivity index (χ0) is 20.8. The van der Waals surface area contributed by atoms with Crippen molar-refractivity contribution < 1.29 is 36.8 Å². The van der Waals surface area contributed by atoms with E-state index in [9.17, 15) is 15.3 Å². The molecule has 0 radical (unpaired) electrons. The van der Waals surface area contributed by atoms with Gasteiger partial charge in [0, 0.05) is 0 Å². The number of quaternary nitrogens is 1. The molecule has 0 saturated heterocycles. The summed E-state index contributed by atoms with van der Waals surface area (Å²) in [5.41, 5.74) is 0. The Kier molecular flexibility index (Phi) is 26.2. The van der Waals surface area contributed by atoms with Crippen LogP contribution in [0.4, 0.5) is 0 Å². The molecule has 0 heterocycles. The third-order valence-electron chi connectivity index (χ3n) is 5.87. The highest BCUT2D eigenvalue weighted by atomic mass is 79.9. The highest BCUT2D eigenvalue weighted by Gasteiger charge is 2.25. The van der Waals surface area contributed by atoms with E-state index in [1.807, 2.05) is 0 Å². The Bertz CT molecular complexity index is 323. The molecule has 0 spiro atoms. The number of rotatable bonds is 22. The highest BCUT2D eigenvalue weighted by molar-refractivity contribution is 4.81. The van der Waals surface area contributed by atoms with Gasteiger partial charge in [-0.25, -0.2) is 0 Å². The van der Waals surface area contributed by atoms with Crippen LogP contribution in [0, 0.1) is 0 Å². The van der Waals surface area contributed by atoms with Gasteiger partial charge < -0.3 is 36.8 Å². The number of halogens is 1. The van der Waals surface area contributed by atoms with Crippen molar-refractivity contribution in [2.75, 3.05) is 46.0 Å². The first-order valence-electron chi connectivity index (χ1n) is 12.1. The second kappa shape index (κ2) is 24.3. The fourth-order valence-corrected chi connectivity index (χ4v) is 4.00. The van der Waals surface area contributed by atoms with Crippen molar-refractivity contribution in [1.82, 2.24) is 0 Å². The predicted molar refractivity (Wildman–Crippen MR) is 120 cm³/mol. The van der Waals surface area contributed by atoms with Crippen molar-refractivity contribution in [2.24, 2.45) is 0 Å². The molecule has 0 aromatic rings. The van der Waals surface area contributed by atoms with Gasteiger partial charge in [-0.3, -0.25) is 0 Å². The third-order valence-corrected chi connectivity index (χ3v) is 5.87. The first-order valence-corrected chi connectivity index (χ1v) is 12.1. The number of unbranched alkanes of at least 4 members (excludes halogenated alkanes) is 12. The number of aliphatic hydroxyl groups is 3. The number of allylic oxidation sites excluding steroid dienone is 2. The molecule has 4 nitrogen and oxygen atoms in total. The molecule has 0 fully saturated rings. The van der Waals surface area contributed by atoms with Crippen molar-refractivity contribution in [1.29, 1.82) is 0 Å². The standard InChI is InChI=1S/C24H50NO3.BrH/c1-2-3-4-5-6-7-8-9-10-11-12-13-14-15-16-17-18-25(19-22-26,20-23-27)21-24-28;/h9-10,26-28H,2-8,11-24H2,1H3;1H/q+1;/p-1/b10-9-;. The van der Waals surface area contributed by atoms with Gasteiger partial charge in [-0.2, -0.15) is 0 Å². The molecule has 29 heavy (non-hydrogen) atoms. The number of hydrogen-bond donors (Lipinski definition) is 3. The lowest BCUT2D eigenvalue weighted by Gasteiger charge is -2.37. The maximum atomic E-state index is 9.31. The van der Waals surface area contributed by atoms with Gasteiger partial charge in [-0.05, 0) is 38.5 Å². The summed E-state index contributed by atoms with van der Waals surface area (Å²) in [4.78, 5) is 0.